The molecule has 1 saturated carbocycles. The largest absolute Gasteiger partial charge is 0.376 e. The smallest absolute Gasteiger partial charge is 0.251 e. The van der Waals surface area contributed by atoms with Gasteiger partial charge in [0.25, 0.3) is 5.91 Å². The minimum Gasteiger partial charge on any atom is -0.376 e. The van der Waals surface area contributed by atoms with Crippen molar-refractivity contribution in [1.29, 1.82) is 0 Å². The molecule has 0 radical (unpaired) electrons. The molecule has 1 aromatic rings. The molecule has 2 unspecified atom stereocenters. The van der Waals surface area contributed by atoms with Gasteiger partial charge in [0.1, 0.15) is 0 Å². The average Bonchev–Trinajstić information content (AvgIpc) is 2.65. The predicted octanol–water partition coefficient (Wildman–Crippen LogP) is 2.48. The minimum atomic E-state index is -3.58. The van der Waals surface area contributed by atoms with Crippen molar-refractivity contribution in [3.8, 4) is 0 Å². The van der Waals surface area contributed by atoms with E-state index in [1.54, 1.807) is 0 Å². The Hall–Kier alpha value is -1.70. The van der Waals surface area contributed by atoms with Crippen LogP contribution >= 0.6 is 0 Å². The average molecular weight is 381 g/mol. The van der Waals surface area contributed by atoms with E-state index in [1.165, 1.54) is 49.6 Å². The zero-order chi connectivity index (χ0) is 19.0. The van der Waals surface area contributed by atoms with Crippen LogP contribution in [0, 0.1) is 5.92 Å². The van der Waals surface area contributed by atoms with Crippen LogP contribution in [0.25, 0.3) is 0 Å². The SMILES string of the molecule is C=CCNS(=O)(=O)c1ccc(C(=O)NCCOC2CCCCC2C)cc1. The molecule has 7 heteroatoms. The molecule has 26 heavy (non-hydrogen) atoms. The summed E-state index contributed by atoms with van der Waals surface area (Å²) in [5, 5.41) is 2.80. The lowest BCUT2D eigenvalue weighted by molar-refractivity contribution is -0.00293. The molecule has 1 aliphatic carbocycles. The lowest BCUT2D eigenvalue weighted by atomic mass is 9.88. The fourth-order valence-electron chi connectivity index (χ4n) is 3.04. The molecule has 0 bridgehead atoms. The van der Waals surface area contributed by atoms with Crippen LogP contribution in [-0.2, 0) is 14.8 Å². The Balaban J connectivity index is 1.79. The van der Waals surface area contributed by atoms with Gasteiger partial charge in [-0.3, -0.25) is 4.79 Å². The van der Waals surface area contributed by atoms with Crippen LogP contribution in [-0.4, -0.2) is 40.1 Å². The van der Waals surface area contributed by atoms with Gasteiger partial charge in [-0.15, -0.1) is 6.58 Å². The Morgan fingerprint density at radius 2 is 1.96 bits per heavy atom. The highest BCUT2D eigenvalue weighted by molar-refractivity contribution is 7.89. The minimum absolute atomic E-state index is 0.116. The van der Waals surface area contributed by atoms with Crippen molar-refractivity contribution in [3.63, 3.8) is 0 Å². The molecule has 1 amide bonds. The fraction of sp³-hybridized carbons (Fsp3) is 0.526. The van der Waals surface area contributed by atoms with Gasteiger partial charge in [-0.2, -0.15) is 0 Å². The number of amides is 1. The number of nitrogens with one attached hydrogen (secondary N) is 2. The number of sulfonamides is 1. The van der Waals surface area contributed by atoms with E-state index in [2.05, 4.69) is 23.5 Å². The third kappa shape index (κ3) is 5.93. The van der Waals surface area contributed by atoms with Gasteiger partial charge in [-0.05, 0) is 43.0 Å². The Kier molecular flexibility index (Phi) is 7.81. The normalized spacial score (nSPS) is 20.5. The molecule has 2 rings (SSSR count). The van der Waals surface area contributed by atoms with Crippen molar-refractivity contribution in [3.05, 3.63) is 42.5 Å². The molecule has 6 nitrogen and oxygen atoms in total. The first kappa shape index (κ1) is 20.6. The summed E-state index contributed by atoms with van der Waals surface area (Å²) in [5.74, 6) is 0.330. The zero-order valence-electron chi connectivity index (χ0n) is 15.2. The van der Waals surface area contributed by atoms with Gasteiger partial charge in [0, 0.05) is 18.7 Å². The van der Waals surface area contributed by atoms with Crippen molar-refractivity contribution in [2.75, 3.05) is 19.7 Å². The zero-order valence-corrected chi connectivity index (χ0v) is 16.1. The highest BCUT2D eigenvalue weighted by atomic mass is 32.2. The number of carbonyl (C=O) groups is 1. The molecule has 2 atom stereocenters. The van der Waals surface area contributed by atoms with Crippen LogP contribution in [0.4, 0.5) is 0 Å². The molecular formula is C19H28N2O4S. The maximum Gasteiger partial charge on any atom is 0.251 e. The first-order valence-corrected chi connectivity index (χ1v) is 10.5. The fourth-order valence-corrected chi connectivity index (χ4v) is 4.04. The molecule has 144 valence electrons. The highest BCUT2D eigenvalue weighted by Gasteiger charge is 2.21. The van der Waals surface area contributed by atoms with Crippen molar-refractivity contribution in [1.82, 2.24) is 10.0 Å². The molecule has 2 N–H and O–H groups in total. The number of rotatable bonds is 9. The van der Waals surface area contributed by atoms with Crippen LogP contribution in [0.2, 0.25) is 0 Å². The van der Waals surface area contributed by atoms with Gasteiger partial charge in [0.2, 0.25) is 10.0 Å². The van der Waals surface area contributed by atoms with Gasteiger partial charge >= 0.3 is 0 Å². The van der Waals surface area contributed by atoms with E-state index in [4.69, 9.17) is 4.74 Å². The van der Waals surface area contributed by atoms with Crippen molar-refractivity contribution >= 4 is 15.9 Å². The van der Waals surface area contributed by atoms with E-state index in [0.717, 1.165) is 6.42 Å². The molecule has 0 aliphatic heterocycles. The number of benzene rings is 1. The number of hydrogen-bond acceptors (Lipinski definition) is 4. The number of carbonyl (C=O) groups excluding carboxylic acids is 1. The van der Waals surface area contributed by atoms with Gasteiger partial charge < -0.3 is 10.1 Å². The second-order valence-electron chi connectivity index (χ2n) is 6.59. The third-order valence-electron chi connectivity index (χ3n) is 4.60. The summed E-state index contributed by atoms with van der Waals surface area (Å²) < 4.78 is 32.2. The van der Waals surface area contributed by atoms with Crippen LogP contribution in [0.3, 0.4) is 0 Å². The van der Waals surface area contributed by atoms with Crippen molar-refractivity contribution in [2.24, 2.45) is 5.92 Å². The van der Waals surface area contributed by atoms with E-state index in [9.17, 15) is 13.2 Å². The molecule has 1 aliphatic rings. The Labute approximate surface area is 156 Å². The van der Waals surface area contributed by atoms with Crippen LogP contribution in [0.5, 0.6) is 0 Å². The Bertz CT molecular complexity index is 701. The van der Waals surface area contributed by atoms with Gasteiger partial charge in [0.05, 0.1) is 17.6 Å². The lowest BCUT2D eigenvalue weighted by Gasteiger charge is -2.28. The van der Waals surface area contributed by atoms with E-state index >= 15 is 0 Å². The monoisotopic (exact) mass is 380 g/mol. The maximum absolute atomic E-state index is 12.1. The van der Waals surface area contributed by atoms with E-state index in [1.807, 2.05) is 0 Å². The molecule has 0 saturated heterocycles. The van der Waals surface area contributed by atoms with Crippen LogP contribution in [0.15, 0.2) is 41.8 Å². The quantitative estimate of drug-likeness (QED) is 0.509. The summed E-state index contributed by atoms with van der Waals surface area (Å²) in [6.45, 7) is 6.76. The number of ether oxygens (including phenoxy) is 1. The van der Waals surface area contributed by atoms with Crippen LogP contribution in [0.1, 0.15) is 43.0 Å². The van der Waals surface area contributed by atoms with Crippen molar-refractivity contribution < 1.29 is 17.9 Å². The summed E-state index contributed by atoms with van der Waals surface area (Å²) in [6, 6.07) is 5.84. The molecule has 1 fully saturated rings. The second kappa shape index (κ2) is 9.85. The van der Waals surface area contributed by atoms with Gasteiger partial charge in [-0.1, -0.05) is 25.8 Å². The Morgan fingerprint density at radius 1 is 1.27 bits per heavy atom. The van der Waals surface area contributed by atoms with Crippen molar-refractivity contribution in [2.45, 2.75) is 43.6 Å². The van der Waals surface area contributed by atoms with Gasteiger partial charge in [0.15, 0.2) is 0 Å². The summed E-state index contributed by atoms with van der Waals surface area (Å²) in [6.07, 6.45) is 6.52. The predicted molar refractivity (Wildman–Crippen MR) is 102 cm³/mol. The highest BCUT2D eigenvalue weighted by Crippen LogP contribution is 2.25. The molecule has 0 spiro atoms. The molecular weight excluding hydrogens is 352 g/mol. The van der Waals surface area contributed by atoms with E-state index in [0.29, 0.717) is 24.6 Å². The number of hydrogen-bond donors (Lipinski definition) is 2. The summed E-state index contributed by atoms with van der Waals surface area (Å²) in [7, 11) is -3.58. The van der Waals surface area contributed by atoms with E-state index < -0.39 is 10.0 Å². The molecule has 0 aromatic heterocycles. The Morgan fingerprint density at radius 3 is 2.62 bits per heavy atom. The van der Waals surface area contributed by atoms with Gasteiger partial charge in [-0.25, -0.2) is 13.1 Å². The summed E-state index contributed by atoms with van der Waals surface area (Å²) >= 11 is 0. The molecule has 1 aromatic carbocycles. The molecule has 0 heterocycles. The first-order chi connectivity index (χ1) is 12.4. The standard InChI is InChI=1S/C19H28N2O4S/c1-3-12-21-26(23,24)17-10-8-16(9-11-17)19(22)20-13-14-25-18-7-5-4-6-15(18)2/h3,8-11,15,18,21H,1,4-7,12-14H2,2H3,(H,20,22). The second-order valence-corrected chi connectivity index (χ2v) is 8.36. The first-order valence-electron chi connectivity index (χ1n) is 9.04. The topological polar surface area (TPSA) is 84.5 Å². The summed E-state index contributed by atoms with van der Waals surface area (Å²) in [5.41, 5.74) is 0.415. The third-order valence-corrected chi connectivity index (χ3v) is 6.04. The van der Waals surface area contributed by atoms with Crippen LogP contribution < -0.4 is 10.0 Å². The maximum atomic E-state index is 12.1. The lowest BCUT2D eigenvalue weighted by Crippen LogP contribution is -2.31. The van der Waals surface area contributed by atoms with E-state index in [-0.39, 0.29) is 23.5 Å². The summed E-state index contributed by atoms with van der Waals surface area (Å²) in [4.78, 5) is 12.3.